The van der Waals surface area contributed by atoms with Crippen molar-refractivity contribution in [1.82, 2.24) is 15.1 Å². The number of hydrogen-bond acceptors (Lipinski definition) is 7. The van der Waals surface area contributed by atoms with Crippen molar-refractivity contribution < 1.29 is 17.9 Å². The molecule has 0 aliphatic carbocycles. The number of ether oxygens (including phenoxy) is 1. The van der Waals surface area contributed by atoms with Crippen molar-refractivity contribution in [2.45, 2.75) is 16.8 Å². The van der Waals surface area contributed by atoms with Gasteiger partial charge in [0.15, 0.2) is 0 Å². The van der Waals surface area contributed by atoms with Crippen LogP contribution in [-0.4, -0.2) is 68.6 Å². The Morgan fingerprint density at radius 3 is 2.57 bits per heavy atom. The fourth-order valence-corrected chi connectivity index (χ4v) is 5.11. The van der Waals surface area contributed by atoms with Gasteiger partial charge >= 0.3 is 0 Å². The van der Waals surface area contributed by atoms with E-state index in [1.807, 2.05) is 18.2 Å². The molecule has 1 atom stereocenters. The number of nitrogens with one attached hydrogen (secondary N) is 1. The summed E-state index contributed by atoms with van der Waals surface area (Å²) >= 11 is 0. The minimum Gasteiger partial charge on any atom is -0.447 e. The van der Waals surface area contributed by atoms with Crippen LogP contribution in [0.2, 0.25) is 0 Å². The van der Waals surface area contributed by atoms with E-state index in [9.17, 15) is 13.2 Å². The maximum atomic E-state index is 12.9. The number of aromatic amines is 1. The van der Waals surface area contributed by atoms with Crippen molar-refractivity contribution in [3.05, 3.63) is 54.2 Å². The molecule has 8 nitrogen and oxygen atoms in total. The molecule has 0 spiro atoms. The van der Waals surface area contributed by atoms with Gasteiger partial charge in [-0.3, -0.25) is 9.89 Å². The number of rotatable bonds is 7. The molecule has 0 saturated carbocycles. The summed E-state index contributed by atoms with van der Waals surface area (Å²) in [5.74, 6) is 0. The third-order valence-electron chi connectivity index (χ3n) is 5.48. The Hall–Kier alpha value is -2.91. The zero-order chi connectivity index (χ0) is 21.1. The predicted molar refractivity (Wildman–Crippen MR) is 114 cm³/mol. The highest BCUT2D eigenvalue weighted by Gasteiger charge is 2.30. The molecular formula is C21H24N4O4S. The lowest BCUT2D eigenvalue weighted by atomic mass is 10.1. The Morgan fingerprint density at radius 2 is 1.87 bits per heavy atom. The van der Waals surface area contributed by atoms with E-state index in [1.54, 1.807) is 18.2 Å². The van der Waals surface area contributed by atoms with E-state index in [0.29, 0.717) is 5.69 Å². The molecule has 1 aliphatic rings. The third kappa shape index (κ3) is 4.03. The van der Waals surface area contributed by atoms with Crippen LogP contribution in [0.25, 0.3) is 10.9 Å². The topological polar surface area (TPSA) is 95.6 Å². The van der Waals surface area contributed by atoms with Gasteiger partial charge in [-0.1, -0.05) is 18.2 Å². The van der Waals surface area contributed by atoms with Crippen LogP contribution in [0, 0.1) is 0 Å². The van der Waals surface area contributed by atoms with Gasteiger partial charge in [0.05, 0.1) is 10.4 Å². The van der Waals surface area contributed by atoms with Gasteiger partial charge in [0.1, 0.15) is 0 Å². The highest BCUT2D eigenvalue weighted by Crippen LogP contribution is 2.27. The van der Waals surface area contributed by atoms with E-state index >= 15 is 0 Å². The number of fused-ring (bicyclic) bond motifs is 1. The molecule has 1 fully saturated rings. The molecule has 4 rings (SSSR count). The number of anilines is 1. The minimum absolute atomic E-state index is 0.0136. The molecule has 1 unspecified atom stereocenters. The smallest absolute Gasteiger partial charge is 0.294 e. The molecular weight excluding hydrogens is 404 g/mol. The lowest BCUT2D eigenvalue weighted by Crippen LogP contribution is -2.44. The molecule has 30 heavy (non-hydrogen) atoms. The number of likely N-dealkylation sites (N-methyl/N-ethyl adjacent to an activating group) is 1. The van der Waals surface area contributed by atoms with E-state index in [0.717, 1.165) is 42.8 Å². The van der Waals surface area contributed by atoms with Crippen LogP contribution in [-0.2, 0) is 25.8 Å². The third-order valence-corrected chi connectivity index (χ3v) is 7.38. The summed E-state index contributed by atoms with van der Waals surface area (Å²) in [4.78, 5) is 15.7. The predicted octanol–water partition coefficient (Wildman–Crippen LogP) is 1.83. The molecule has 3 aromatic rings. The fraction of sp³-hybridized carbons (Fsp3) is 0.333. The quantitative estimate of drug-likeness (QED) is 0.574. The largest absolute Gasteiger partial charge is 0.447 e. The van der Waals surface area contributed by atoms with Gasteiger partial charge in [-0.2, -0.15) is 5.10 Å². The highest BCUT2D eigenvalue weighted by molar-refractivity contribution is 7.92. The summed E-state index contributed by atoms with van der Waals surface area (Å²) in [6.07, 6.45) is -0.0136. The standard InChI is InChI=1S/C21H24N4O4S/c1-24-9-11-25(12-10-24)16-7-8-18-19(13-16)22-23-20(18)14-21(29-15-26)30(27,28)17-5-3-2-4-6-17/h2-8,13,15,21H,9-12,14H2,1H3,(H,22,23). The molecule has 1 aromatic heterocycles. The lowest BCUT2D eigenvalue weighted by Gasteiger charge is -2.34. The molecule has 0 radical (unpaired) electrons. The Morgan fingerprint density at radius 1 is 1.13 bits per heavy atom. The zero-order valence-electron chi connectivity index (χ0n) is 16.7. The Labute approximate surface area is 175 Å². The van der Waals surface area contributed by atoms with Crippen molar-refractivity contribution in [1.29, 1.82) is 0 Å². The van der Waals surface area contributed by atoms with Crippen LogP contribution >= 0.6 is 0 Å². The van der Waals surface area contributed by atoms with Crippen LogP contribution in [0.1, 0.15) is 5.69 Å². The number of hydrogen-bond donors (Lipinski definition) is 1. The highest BCUT2D eigenvalue weighted by atomic mass is 32.2. The zero-order valence-corrected chi connectivity index (χ0v) is 17.5. The summed E-state index contributed by atoms with van der Waals surface area (Å²) in [5, 5.41) is 8.10. The molecule has 2 aromatic carbocycles. The van der Waals surface area contributed by atoms with Crippen LogP contribution in [0.15, 0.2) is 53.4 Å². The van der Waals surface area contributed by atoms with Crippen molar-refractivity contribution in [3.63, 3.8) is 0 Å². The summed E-state index contributed by atoms with van der Waals surface area (Å²) in [7, 11) is -1.74. The van der Waals surface area contributed by atoms with Crippen LogP contribution < -0.4 is 4.90 Å². The second-order valence-corrected chi connectivity index (χ2v) is 9.51. The van der Waals surface area contributed by atoms with E-state index in [4.69, 9.17) is 4.74 Å². The monoisotopic (exact) mass is 428 g/mol. The van der Waals surface area contributed by atoms with Gasteiger partial charge in [0.25, 0.3) is 6.47 Å². The summed E-state index contributed by atoms with van der Waals surface area (Å²) < 4.78 is 30.9. The molecule has 9 heteroatoms. The minimum atomic E-state index is -3.85. The van der Waals surface area contributed by atoms with E-state index < -0.39 is 15.3 Å². The number of sulfone groups is 1. The SMILES string of the molecule is CN1CCN(c2ccc3c(CC(OC=O)S(=O)(=O)c4ccccc4)[nH]nc3c2)CC1. The first kappa shape index (κ1) is 20.4. The molecule has 1 N–H and O–H groups in total. The van der Waals surface area contributed by atoms with Crippen molar-refractivity contribution in [2.75, 3.05) is 38.1 Å². The van der Waals surface area contributed by atoms with Crippen LogP contribution in [0.3, 0.4) is 0 Å². The van der Waals surface area contributed by atoms with Crippen LogP contribution in [0.4, 0.5) is 5.69 Å². The summed E-state index contributed by atoms with van der Waals surface area (Å²) in [6.45, 7) is 4.08. The molecule has 1 saturated heterocycles. The number of aromatic nitrogens is 2. The Balaban J connectivity index is 1.60. The second kappa shape index (κ2) is 8.45. The fourth-order valence-electron chi connectivity index (χ4n) is 3.69. The van der Waals surface area contributed by atoms with Gasteiger partial charge < -0.3 is 14.5 Å². The van der Waals surface area contributed by atoms with Gasteiger partial charge in [-0.15, -0.1) is 0 Å². The van der Waals surface area contributed by atoms with E-state index in [-0.39, 0.29) is 17.8 Å². The Bertz CT molecular complexity index is 1120. The van der Waals surface area contributed by atoms with Crippen molar-refractivity contribution in [3.8, 4) is 0 Å². The number of H-pyrrole nitrogens is 1. The van der Waals surface area contributed by atoms with Crippen LogP contribution in [0.5, 0.6) is 0 Å². The number of carbonyl (C=O) groups excluding carboxylic acids is 1. The van der Waals surface area contributed by atoms with Gasteiger partial charge in [-0.05, 0) is 37.4 Å². The summed E-state index contributed by atoms with van der Waals surface area (Å²) in [6, 6.07) is 13.9. The maximum absolute atomic E-state index is 12.9. The maximum Gasteiger partial charge on any atom is 0.294 e. The van der Waals surface area contributed by atoms with Gasteiger partial charge in [-0.25, -0.2) is 8.42 Å². The number of piperazine rings is 1. The van der Waals surface area contributed by atoms with Crippen molar-refractivity contribution >= 4 is 32.9 Å². The normalized spacial score (nSPS) is 16.5. The first-order chi connectivity index (χ1) is 14.5. The molecule has 0 bridgehead atoms. The first-order valence-electron chi connectivity index (χ1n) is 9.77. The average molecular weight is 429 g/mol. The first-order valence-corrected chi connectivity index (χ1v) is 11.3. The van der Waals surface area contributed by atoms with E-state index in [2.05, 4.69) is 27.0 Å². The van der Waals surface area contributed by atoms with Gasteiger partial charge in [0.2, 0.25) is 15.3 Å². The number of carbonyl (C=O) groups is 1. The number of nitrogens with zero attached hydrogens (tertiary/aromatic N) is 3. The lowest BCUT2D eigenvalue weighted by molar-refractivity contribution is -0.130. The number of benzene rings is 2. The average Bonchev–Trinajstić information content (AvgIpc) is 3.16. The Kier molecular flexibility index (Phi) is 5.74. The van der Waals surface area contributed by atoms with Crippen molar-refractivity contribution in [2.24, 2.45) is 0 Å². The van der Waals surface area contributed by atoms with E-state index in [1.165, 1.54) is 12.1 Å². The molecule has 1 aliphatic heterocycles. The second-order valence-electron chi connectivity index (χ2n) is 7.42. The molecule has 0 amide bonds. The molecule has 158 valence electrons. The molecule has 2 heterocycles. The summed E-state index contributed by atoms with van der Waals surface area (Å²) in [5.41, 5.74) is 1.12. The van der Waals surface area contributed by atoms with Gasteiger partial charge in [0, 0.05) is 49.4 Å².